The summed E-state index contributed by atoms with van der Waals surface area (Å²) < 4.78 is 10.8. The van der Waals surface area contributed by atoms with Gasteiger partial charge in [-0.3, -0.25) is 4.79 Å². The van der Waals surface area contributed by atoms with Crippen molar-refractivity contribution in [3.63, 3.8) is 0 Å². The summed E-state index contributed by atoms with van der Waals surface area (Å²) in [7, 11) is 1.93. The van der Waals surface area contributed by atoms with Crippen LogP contribution in [-0.2, 0) is 9.53 Å². The molecule has 0 spiro atoms. The van der Waals surface area contributed by atoms with Gasteiger partial charge < -0.3 is 19.7 Å². The molecule has 1 saturated heterocycles. The first-order valence-corrected chi connectivity index (χ1v) is 6.96. The Hall–Kier alpha value is -1.59. The van der Waals surface area contributed by atoms with E-state index in [-0.39, 0.29) is 12.5 Å². The topological polar surface area (TPSA) is 50.8 Å². The van der Waals surface area contributed by atoms with Crippen molar-refractivity contribution in [1.82, 2.24) is 10.2 Å². The minimum absolute atomic E-state index is 0.0148. The van der Waals surface area contributed by atoms with Gasteiger partial charge in [0.1, 0.15) is 5.75 Å². The molecule has 1 aliphatic rings. The molecule has 5 heteroatoms. The summed E-state index contributed by atoms with van der Waals surface area (Å²) in [6.45, 7) is 4.71. The normalized spacial score (nSPS) is 16.8. The van der Waals surface area contributed by atoms with Gasteiger partial charge in [0.2, 0.25) is 0 Å². The molecule has 5 nitrogen and oxygen atoms in total. The molecule has 20 heavy (non-hydrogen) atoms. The van der Waals surface area contributed by atoms with E-state index in [0.29, 0.717) is 32.3 Å². The van der Waals surface area contributed by atoms with Crippen molar-refractivity contribution in [2.24, 2.45) is 0 Å². The molecular formula is C15H22N2O3. The quantitative estimate of drug-likeness (QED) is 0.879. The SMILES string of the molecule is CNC(C)c1ccc(OCC(=O)N2CCOCC2)cc1. The smallest absolute Gasteiger partial charge is 0.260 e. The molecule has 1 fully saturated rings. The molecule has 0 saturated carbocycles. The number of rotatable bonds is 5. The van der Waals surface area contributed by atoms with Crippen LogP contribution >= 0.6 is 0 Å². The first kappa shape index (κ1) is 14.8. The number of hydrogen-bond acceptors (Lipinski definition) is 4. The number of nitrogens with one attached hydrogen (secondary N) is 1. The summed E-state index contributed by atoms with van der Waals surface area (Å²) in [6, 6.07) is 8.12. The van der Waals surface area contributed by atoms with Crippen molar-refractivity contribution in [2.45, 2.75) is 13.0 Å². The van der Waals surface area contributed by atoms with Crippen LogP contribution in [0.25, 0.3) is 0 Å². The first-order chi connectivity index (χ1) is 9.70. The summed E-state index contributed by atoms with van der Waals surface area (Å²) in [5, 5.41) is 3.18. The van der Waals surface area contributed by atoms with E-state index in [1.54, 1.807) is 4.90 Å². The van der Waals surface area contributed by atoms with E-state index < -0.39 is 0 Å². The van der Waals surface area contributed by atoms with E-state index in [0.717, 1.165) is 5.75 Å². The lowest BCUT2D eigenvalue weighted by Gasteiger charge is -2.26. The zero-order valence-corrected chi connectivity index (χ0v) is 12.1. The number of nitrogens with zero attached hydrogens (tertiary/aromatic N) is 1. The van der Waals surface area contributed by atoms with Crippen LogP contribution in [0.5, 0.6) is 5.75 Å². The highest BCUT2D eigenvalue weighted by molar-refractivity contribution is 5.77. The van der Waals surface area contributed by atoms with Crippen molar-refractivity contribution < 1.29 is 14.3 Å². The molecule has 1 aliphatic heterocycles. The first-order valence-electron chi connectivity index (χ1n) is 6.96. The van der Waals surface area contributed by atoms with Crippen molar-refractivity contribution in [3.8, 4) is 5.75 Å². The van der Waals surface area contributed by atoms with Crippen molar-refractivity contribution in [2.75, 3.05) is 40.0 Å². The highest BCUT2D eigenvalue weighted by Crippen LogP contribution is 2.17. The third kappa shape index (κ3) is 3.95. The van der Waals surface area contributed by atoms with Gasteiger partial charge in [0, 0.05) is 19.1 Å². The second-order valence-electron chi connectivity index (χ2n) is 4.86. The van der Waals surface area contributed by atoms with Crippen molar-refractivity contribution >= 4 is 5.91 Å². The predicted molar refractivity (Wildman–Crippen MR) is 76.8 cm³/mol. The molecule has 0 radical (unpaired) electrons. The van der Waals surface area contributed by atoms with Gasteiger partial charge in [0.25, 0.3) is 5.91 Å². The molecule has 110 valence electrons. The Labute approximate surface area is 119 Å². The molecule has 0 aliphatic carbocycles. The van der Waals surface area contributed by atoms with E-state index in [2.05, 4.69) is 12.2 Å². The van der Waals surface area contributed by atoms with Gasteiger partial charge in [-0.15, -0.1) is 0 Å². The lowest BCUT2D eigenvalue weighted by atomic mass is 10.1. The van der Waals surface area contributed by atoms with Crippen LogP contribution in [0.2, 0.25) is 0 Å². The van der Waals surface area contributed by atoms with Crippen LogP contribution in [0.3, 0.4) is 0 Å². The van der Waals surface area contributed by atoms with Gasteiger partial charge in [-0.25, -0.2) is 0 Å². The second kappa shape index (κ2) is 7.26. The Bertz CT molecular complexity index is 427. The summed E-state index contributed by atoms with van der Waals surface area (Å²) in [6.07, 6.45) is 0. The Morgan fingerprint density at radius 1 is 1.35 bits per heavy atom. The highest BCUT2D eigenvalue weighted by Gasteiger charge is 2.17. The highest BCUT2D eigenvalue weighted by atomic mass is 16.5. The van der Waals surface area contributed by atoms with Crippen LogP contribution in [0.1, 0.15) is 18.5 Å². The number of morpholine rings is 1. The molecule has 2 rings (SSSR count). The fraction of sp³-hybridized carbons (Fsp3) is 0.533. The summed E-state index contributed by atoms with van der Waals surface area (Å²) >= 11 is 0. The fourth-order valence-corrected chi connectivity index (χ4v) is 2.07. The van der Waals surface area contributed by atoms with E-state index in [9.17, 15) is 4.79 Å². The minimum atomic E-state index is 0.0148. The van der Waals surface area contributed by atoms with E-state index in [4.69, 9.17) is 9.47 Å². The molecule has 1 N–H and O–H groups in total. The summed E-state index contributed by atoms with van der Waals surface area (Å²) in [5.41, 5.74) is 1.19. The van der Waals surface area contributed by atoms with E-state index >= 15 is 0 Å². The summed E-state index contributed by atoms with van der Waals surface area (Å²) in [4.78, 5) is 13.7. The zero-order chi connectivity index (χ0) is 14.4. The largest absolute Gasteiger partial charge is 0.484 e. The monoisotopic (exact) mass is 278 g/mol. The molecule has 1 amide bonds. The number of benzene rings is 1. The standard InChI is InChI=1S/C15H22N2O3/c1-12(16-2)13-3-5-14(6-4-13)20-11-15(18)17-7-9-19-10-8-17/h3-6,12,16H,7-11H2,1-2H3. The molecule has 1 heterocycles. The number of amides is 1. The second-order valence-corrected chi connectivity index (χ2v) is 4.86. The maximum absolute atomic E-state index is 11.9. The Balaban J connectivity index is 1.82. The third-order valence-corrected chi connectivity index (χ3v) is 3.54. The molecule has 1 aromatic rings. The van der Waals surface area contributed by atoms with Crippen molar-refractivity contribution in [3.05, 3.63) is 29.8 Å². The van der Waals surface area contributed by atoms with Gasteiger partial charge >= 0.3 is 0 Å². The van der Waals surface area contributed by atoms with Crippen LogP contribution < -0.4 is 10.1 Å². The van der Waals surface area contributed by atoms with Gasteiger partial charge in [0.15, 0.2) is 6.61 Å². The van der Waals surface area contributed by atoms with Crippen LogP contribution in [0.4, 0.5) is 0 Å². The maximum Gasteiger partial charge on any atom is 0.260 e. The van der Waals surface area contributed by atoms with Gasteiger partial charge in [0.05, 0.1) is 13.2 Å². The molecular weight excluding hydrogens is 256 g/mol. The average Bonchev–Trinajstić information content (AvgIpc) is 2.53. The lowest BCUT2D eigenvalue weighted by Crippen LogP contribution is -2.42. The van der Waals surface area contributed by atoms with Gasteiger partial charge in [-0.05, 0) is 31.7 Å². The Kier molecular flexibility index (Phi) is 5.38. The Morgan fingerprint density at radius 2 is 2.00 bits per heavy atom. The van der Waals surface area contributed by atoms with Crippen LogP contribution in [0, 0.1) is 0 Å². The van der Waals surface area contributed by atoms with Crippen molar-refractivity contribution in [1.29, 1.82) is 0 Å². The number of carbonyl (C=O) groups excluding carboxylic acids is 1. The average molecular weight is 278 g/mol. The number of hydrogen-bond donors (Lipinski definition) is 1. The lowest BCUT2D eigenvalue weighted by molar-refractivity contribution is -0.137. The molecule has 1 aromatic carbocycles. The number of carbonyl (C=O) groups is 1. The molecule has 0 aromatic heterocycles. The van der Waals surface area contributed by atoms with Crippen LogP contribution in [-0.4, -0.2) is 50.8 Å². The maximum atomic E-state index is 11.9. The third-order valence-electron chi connectivity index (χ3n) is 3.54. The zero-order valence-electron chi connectivity index (χ0n) is 12.1. The minimum Gasteiger partial charge on any atom is -0.484 e. The summed E-state index contributed by atoms with van der Waals surface area (Å²) in [5.74, 6) is 0.736. The Morgan fingerprint density at radius 3 is 2.60 bits per heavy atom. The molecule has 1 unspecified atom stereocenters. The predicted octanol–water partition coefficient (Wildman–Crippen LogP) is 1.20. The van der Waals surface area contributed by atoms with E-state index in [1.165, 1.54) is 5.56 Å². The fourth-order valence-electron chi connectivity index (χ4n) is 2.07. The van der Waals surface area contributed by atoms with Gasteiger partial charge in [-0.1, -0.05) is 12.1 Å². The van der Waals surface area contributed by atoms with Crippen LogP contribution in [0.15, 0.2) is 24.3 Å². The number of ether oxygens (including phenoxy) is 2. The molecule has 1 atom stereocenters. The van der Waals surface area contributed by atoms with Gasteiger partial charge in [-0.2, -0.15) is 0 Å². The van der Waals surface area contributed by atoms with E-state index in [1.807, 2.05) is 31.3 Å². The molecule has 0 bridgehead atoms.